The van der Waals surface area contributed by atoms with Gasteiger partial charge < -0.3 is 9.84 Å². The number of aromatic hydroxyl groups is 1. The van der Waals surface area contributed by atoms with Crippen molar-refractivity contribution < 1.29 is 14.6 Å². The second-order valence-corrected chi connectivity index (χ2v) is 7.43. The van der Waals surface area contributed by atoms with Crippen molar-refractivity contribution in [2.45, 2.75) is 40.2 Å². The molecule has 1 atom stereocenters. The van der Waals surface area contributed by atoms with Gasteiger partial charge in [0.1, 0.15) is 11.5 Å². The molecule has 2 aromatic carbocycles. The maximum atomic E-state index is 12.3. The van der Waals surface area contributed by atoms with Crippen LogP contribution in [0.15, 0.2) is 42.5 Å². The van der Waals surface area contributed by atoms with Crippen molar-refractivity contribution in [2.24, 2.45) is 5.41 Å². The lowest BCUT2D eigenvalue weighted by Crippen LogP contribution is -2.36. The Kier molecular flexibility index (Phi) is 3.99. The first-order chi connectivity index (χ1) is 11.3. The summed E-state index contributed by atoms with van der Waals surface area (Å²) in [6.45, 7) is 9.31. The fraction of sp³-hybridized carbons (Fsp3) is 0.350. The van der Waals surface area contributed by atoms with Gasteiger partial charge in [-0.2, -0.15) is 0 Å². The minimum Gasteiger partial charge on any atom is -0.508 e. The molecule has 1 amide bonds. The standard InChI is InChI=1S/C20H23NO3/c1-13(20(2,3)4)14-5-8-16(9-6-14)21-12-15-7-10-17(22)11-18(15)24-19(21)23/h5-11,13,22H,12H2,1-4H3. The highest BCUT2D eigenvalue weighted by Gasteiger charge is 2.27. The van der Waals surface area contributed by atoms with E-state index in [4.69, 9.17) is 4.74 Å². The maximum Gasteiger partial charge on any atom is 0.420 e. The topological polar surface area (TPSA) is 49.8 Å². The van der Waals surface area contributed by atoms with Crippen LogP contribution in [-0.2, 0) is 6.54 Å². The van der Waals surface area contributed by atoms with E-state index in [2.05, 4.69) is 39.8 Å². The predicted octanol–water partition coefficient (Wildman–Crippen LogP) is 5.06. The summed E-state index contributed by atoms with van der Waals surface area (Å²) in [5, 5.41) is 9.50. The molecule has 1 aliphatic rings. The summed E-state index contributed by atoms with van der Waals surface area (Å²) < 4.78 is 5.34. The Bertz CT molecular complexity index is 759. The van der Waals surface area contributed by atoms with Crippen molar-refractivity contribution >= 4 is 11.8 Å². The molecule has 126 valence electrons. The number of phenols is 1. The van der Waals surface area contributed by atoms with Crippen molar-refractivity contribution in [3.05, 3.63) is 53.6 Å². The van der Waals surface area contributed by atoms with Crippen LogP contribution in [0.25, 0.3) is 0 Å². The molecule has 0 fully saturated rings. The van der Waals surface area contributed by atoms with Crippen molar-refractivity contribution in [3.8, 4) is 11.5 Å². The molecular formula is C20H23NO3. The summed E-state index contributed by atoms with van der Waals surface area (Å²) in [4.78, 5) is 13.9. The zero-order valence-electron chi connectivity index (χ0n) is 14.5. The summed E-state index contributed by atoms with van der Waals surface area (Å²) in [6, 6.07) is 12.9. The Labute approximate surface area is 142 Å². The Hall–Kier alpha value is -2.49. The smallest absolute Gasteiger partial charge is 0.420 e. The highest BCUT2D eigenvalue weighted by atomic mass is 16.6. The number of fused-ring (bicyclic) bond motifs is 1. The minimum atomic E-state index is -0.426. The Morgan fingerprint density at radius 3 is 2.42 bits per heavy atom. The molecule has 1 heterocycles. The van der Waals surface area contributed by atoms with E-state index in [1.54, 1.807) is 17.0 Å². The number of hydrogen-bond acceptors (Lipinski definition) is 3. The van der Waals surface area contributed by atoms with Crippen molar-refractivity contribution in [3.63, 3.8) is 0 Å². The molecule has 0 radical (unpaired) electrons. The summed E-state index contributed by atoms with van der Waals surface area (Å²) in [6.07, 6.45) is -0.426. The first-order valence-corrected chi connectivity index (χ1v) is 8.17. The van der Waals surface area contributed by atoms with E-state index >= 15 is 0 Å². The van der Waals surface area contributed by atoms with Gasteiger partial charge in [-0.1, -0.05) is 39.8 Å². The Morgan fingerprint density at radius 2 is 1.79 bits per heavy atom. The van der Waals surface area contributed by atoms with Gasteiger partial charge in [-0.25, -0.2) is 4.79 Å². The number of anilines is 1. The van der Waals surface area contributed by atoms with Gasteiger partial charge in [0.05, 0.1) is 6.54 Å². The quantitative estimate of drug-likeness (QED) is 0.839. The molecule has 1 N–H and O–H groups in total. The Balaban J connectivity index is 1.85. The van der Waals surface area contributed by atoms with Gasteiger partial charge in [0.2, 0.25) is 0 Å². The molecule has 4 heteroatoms. The van der Waals surface area contributed by atoms with Crippen LogP contribution in [0.5, 0.6) is 11.5 Å². The molecule has 24 heavy (non-hydrogen) atoms. The molecular weight excluding hydrogens is 302 g/mol. The van der Waals surface area contributed by atoms with Crippen LogP contribution in [-0.4, -0.2) is 11.2 Å². The fourth-order valence-electron chi connectivity index (χ4n) is 2.79. The molecule has 1 unspecified atom stereocenters. The zero-order chi connectivity index (χ0) is 17.5. The van der Waals surface area contributed by atoms with E-state index < -0.39 is 6.09 Å². The maximum absolute atomic E-state index is 12.3. The molecule has 0 aliphatic carbocycles. The molecule has 4 nitrogen and oxygen atoms in total. The summed E-state index contributed by atoms with van der Waals surface area (Å²) in [5.74, 6) is 0.938. The third-order valence-corrected chi connectivity index (χ3v) is 4.80. The number of rotatable bonds is 2. The molecule has 2 aromatic rings. The minimum absolute atomic E-state index is 0.0931. The molecule has 0 spiro atoms. The van der Waals surface area contributed by atoms with Gasteiger partial charge in [0.25, 0.3) is 0 Å². The summed E-state index contributed by atoms with van der Waals surface area (Å²) in [5.41, 5.74) is 3.12. The lowest BCUT2D eigenvalue weighted by Gasteiger charge is -2.30. The second-order valence-electron chi connectivity index (χ2n) is 7.43. The highest BCUT2D eigenvalue weighted by molar-refractivity contribution is 5.91. The number of carbonyl (C=O) groups excluding carboxylic acids is 1. The molecule has 0 saturated carbocycles. The van der Waals surface area contributed by atoms with Crippen LogP contribution in [0.3, 0.4) is 0 Å². The molecule has 0 bridgehead atoms. The van der Waals surface area contributed by atoms with E-state index in [0.717, 1.165) is 11.3 Å². The van der Waals surface area contributed by atoms with Gasteiger partial charge >= 0.3 is 6.09 Å². The number of ether oxygens (including phenoxy) is 1. The van der Waals surface area contributed by atoms with Crippen molar-refractivity contribution in [2.75, 3.05) is 4.90 Å². The lowest BCUT2D eigenvalue weighted by molar-refractivity contribution is 0.202. The first-order valence-electron chi connectivity index (χ1n) is 8.17. The van der Waals surface area contributed by atoms with Crippen molar-refractivity contribution in [1.29, 1.82) is 0 Å². The van der Waals surface area contributed by atoms with E-state index in [9.17, 15) is 9.90 Å². The molecule has 0 aromatic heterocycles. The normalized spacial score (nSPS) is 15.7. The van der Waals surface area contributed by atoms with Crippen LogP contribution in [0.1, 0.15) is 44.7 Å². The van der Waals surface area contributed by atoms with Crippen LogP contribution >= 0.6 is 0 Å². The fourth-order valence-corrected chi connectivity index (χ4v) is 2.79. The molecule has 3 rings (SSSR count). The SMILES string of the molecule is CC(c1ccc(N2Cc3ccc(O)cc3OC2=O)cc1)C(C)(C)C. The number of nitrogens with zero attached hydrogens (tertiary/aromatic N) is 1. The average Bonchev–Trinajstić information content (AvgIpc) is 2.53. The monoisotopic (exact) mass is 325 g/mol. The van der Waals surface area contributed by atoms with E-state index in [-0.39, 0.29) is 11.2 Å². The van der Waals surface area contributed by atoms with Crippen LogP contribution in [0, 0.1) is 5.41 Å². The lowest BCUT2D eigenvalue weighted by atomic mass is 9.78. The largest absolute Gasteiger partial charge is 0.508 e. The van der Waals surface area contributed by atoms with Gasteiger partial charge in [0, 0.05) is 17.3 Å². The van der Waals surface area contributed by atoms with Gasteiger partial charge in [-0.15, -0.1) is 0 Å². The number of hydrogen-bond donors (Lipinski definition) is 1. The van der Waals surface area contributed by atoms with E-state index in [0.29, 0.717) is 18.2 Å². The molecule has 0 saturated heterocycles. The van der Waals surface area contributed by atoms with Crippen LogP contribution in [0.4, 0.5) is 10.5 Å². The highest BCUT2D eigenvalue weighted by Crippen LogP contribution is 2.36. The number of amides is 1. The summed E-state index contributed by atoms with van der Waals surface area (Å²) >= 11 is 0. The predicted molar refractivity (Wildman–Crippen MR) is 94.6 cm³/mol. The van der Waals surface area contributed by atoms with Crippen molar-refractivity contribution in [1.82, 2.24) is 0 Å². The number of phenolic OH excluding ortho intramolecular Hbond substituents is 1. The summed E-state index contributed by atoms with van der Waals surface area (Å²) in [7, 11) is 0. The third kappa shape index (κ3) is 3.09. The van der Waals surface area contributed by atoms with E-state index in [1.807, 2.05) is 12.1 Å². The van der Waals surface area contributed by atoms with E-state index in [1.165, 1.54) is 11.6 Å². The van der Waals surface area contributed by atoms with Crippen LogP contribution < -0.4 is 9.64 Å². The Morgan fingerprint density at radius 1 is 1.12 bits per heavy atom. The average molecular weight is 325 g/mol. The third-order valence-electron chi connectivity index (χ3n) is 4.80. The second kappa shape index (κ2) is 5.86. The zero-order valence-corrected chi connectivity index (χ0v) is 14.5. The molecule has 1 aliphatic heterocycles. The number of benzene rings is 2. The van der Waals surface area contributed by atoms with Gasteiger partial charge in [-0.3, -0.25) is 4.90 Å². The van der Waals surface area contributed by atoms with Crippen LogP contribution in [0.2, 0.25) is 0 Å². The number of carbonyl (C=O) groups is 1. The van der Waals surface area contributed by atoms with Gasteiger partial charge in [-0.05, 0) is 41.2 Å². The first kappa shape index (κ1) is 16.4. The van der Waals surface area contributed by atoms with Gasteiger partial charge in [0.15, 0.2) is 0 Å².